The largest absolute Gasteiger partial charge is 0.378 e. The maximum atomic E-state index is 13.4. The lowest BCUT2D eigenvalue weighted by Gasteiger charge is -2.21. The van der Waals surface area contributed by atoms with E-state index in [1.807, 2.05) is 0 Å². The van der Waals surface area contributed by atoms with Crippen LogP contribution in [0, 0.1) is 11.8 Å². The molecule has 0 aliphatic rings. The molecule has 1 unspecified atom stereocenters. The van der Waals surface area contributed by atoms with Crippen LogP contribution in [0.5, 0.6) is 0 Å². The zero-order valence-corrected chi connectivity index (χ0v) is 12.8. The molecule has 0 radical (unpaired) electrons. The number of hydrogen-bond acceptors (Lipinski definition) is 2. The second kappa shape index (κ2) is 8.82. The van der Waals surface area contributed by atoms with Crippen molar-refractivity contribution in [2.24, 2.45) is 11.8 Å². The molecule has 0 spiro atoms. The summed E-state index contributed by atoms with van der Waals surface area (Å²) in [5.74, 6) is -5.91. The molecule has 0 aromatic heterocycles. The second-order valence-corrected chi connectivity index (χ2v) is 6.02. The lowest BCUT2D eigenvalue weighted by atomic mass is 9.99. The van der Waals surface area contributed by atoms with Crippen LogP contribution in [-0.2, 0) is 4.74 Å². The minimum Gasteiger partial charge on any atom is -0.378 e. The third-order valence-corrected chi connectivity index (χ3v) is 2.91. The van der Waals surface area contributed by atoms with Gasteiger partial charge in [-0.15, -0.1) is 0 Å². The van der Waals surface area contributed by atoms with Crippen LogP contribution < -0.4 is 5.32 Å². The van der Waals surface area contributed by atoms with Gasteiger partial charge in [-0.2, -0.15) is 0 Å². The van der Waals surface area contributed by atoms with Crippen molar-refractivity contribution in [3.05, 3.63) is 0 Å². The Balaban J connectivity index is 3.84. The van der Waals surface area contributed by atoms with E-state index in [-0.39, 0.29) is 24.7 Å². The Bertz CT molecular complexity index is 260. The van der Waals surface area contributed by atoms with Gasteiger partial charge in [0, 0.05) is 20.0 Å². The molecule has 1 atom stereocenters. The zero-order valence-electron chi connectivity index (χ0n) is 12.8. The molecule has 0 aliphatic heterocycles. The van der Waals surface area contributed by atoms with Gasteiger partial charge in [0.25, 0.3) is 11.8 Å². The minimum absolute atomic E-state index is 0.0709. The molecule has 0 rings (SSSR count). The van der Waals surface area contributed by atoms with Crippen LogP contribution in [0.3, 0.4) is 0 Å². The maximum absolute atomic E-state index is 13.4. The molecule has 1 N–H and O–H groups in total. The first-order valence-corrected chi connectivity index (χ1v) is 7.03. The Morgan fingerprint density at radius 2 is 1.60 bits per heavy atom. The van der Waals surface area contributed by atoms with Crippen LogP contribution in [0.1, 0.15) is 40.0 Å². The van der Waals surface area contributed by atoms with E-state index in [1.165, 1.54) is 7.11 Å². The Hall–Kier alpha value is -0.360. The molecule has 0 saturated carbocycles. The average molecular weight is 301 g/mol. The van der Waals surface area contributed by atoms with E-state index in [0.717, 1.165) is 0 Å². The summed E-state index contributed by atoms with van der Waals surface area (Å²) in [6.45, 7) is 4.50. The van der Waals surface area contributed by atoms with Gasteiger partial charge >= 0.3 is 0 Å². The van der Waals surface area contributed by atoms with Crippen LogP contribution in [0.25, 0.3) is 0 Å². The summed E-state index contributed by atoms with van der Waals surface area (Å²) in [6.07, 6.45) is -0.0105. The molecule has 0 bridgehead atoms. The fraction of sp³-hybridized carbons (Fsp3) is 1.00. The Morgan fingerprint density at radius 3 is 2.10 bits per heavy atom. The lowest BCUT2D eigenvalue weighted by Crippen LogP contribution is -2.35. The van der Waals surface area contributed by atoms with E-state index in [1.54, 1.807) is 20.8 Å². The third-order valence-electron chi connectivity index (χ3n) is 2.91. The molecule has 2 nitrogen and oxygen atoms in total. The second-order valence-electron chi connectivity index (χ2n) is 6.02. The van der Waals surface area contributed by atoms with E-state index in [2.05, 4.69) is 10.1 Å². The summed E-state index contributed by atoms with van der Waals surface area (Å²) in [7, 11) is 1.23. The number of methoxy groups -OCH3 is 1. The zero-order chi connectivity index (χ0) is 15.8. The third kappa shape index (κ3) is 10.4. The summed E-state index contributed by atoms with van der Waals surface area (Å²) < 4.78 is 57.7. The highest BCUT2D eigenvalue weighted by Crippen LogP contribution is 2.25. The van der Waals surface area contributed by atoms with Gasteiger partial charge in [0.05, 0.1) is 6.54 Å². The SMILES string of the molecule is COCC(F)(F)CC(C)CCNCC(F)(F)CC(C)C. The number of hydrogen-bond donors (Lipinski definition) is 1. The lowest BCUT2D eigenvalue weighted by molar-refractivity contribution is -0.0794. The van der Waals surface area contributed by atoms with Crippen molar-refractivity contribution in [1.82, 2.24) is 5.32 Å². The Labute approximate surface area is 119 Å². The summed E-state index contributed by atoms with van der Waals surface area (Å²) in [6, 6.07) is 0. The van der Waals surface area contributed by atoms with Crippen LogP contribution >= 0.6 is 0 Å². The first kappa shape index (κ1) is 19.6. The van der Waals surface area contributed by atoms with Crippen molar-refractivity contribution in [2.45, 2.75) is 51.9 Å². The minimum atomic E-state index is -2.85. The molecular weight excluding hydrogens is 274 g/mol. The summed E-state index contributed by atoms with van der Waals surface area (Å²) in [5, 5.41) is 2.65. The Morgan fingerprint density at radius 1 is 1.00 bits per heavy atom. The number of halogens is 4. The van der Waals surface area contributed by atoms with Crippen LogP contribution in [0.2, 0.25) is 0 Å². The standard InChI is InChI=1S/C14H27F4NO/c1-11(2)7-13(15,16)9-19-6-5-12(3)8-14(17,18)10-20-4/h11-12,19H,5-10H2,1-4H3. The summed E-state index contributed by atoms with van der Waals surface area (Å²) >= 11 is 0. The number of alkyl halides is 4. The van der Waals surface area contributed by atoms with Crippen molar-refractivity contribution >= 4 is 0 Å². The molecule has 0 fully saturated rings. The van der Waals surface area contributed by atoms with Gasteiger partial charge in [0.2, 0.25) is 0 Å². The molecule has 0 aliphatic carbocycles. The highest BCUT2D eigenvalue weighted by atomic mass is 19.3. The Kier molecular flexibility index (Phi) is 8.66. The van der Waals surface area contributed by atoms with Crippen molar-refractivity contribution in [2.75, 3.05) is 26.8 Å². The molecule has 0 saturated heterocycles. The predicted molar refractivity (Wildman–Crippen MR) is 72.5 cm³/mol. The van der Waals surface area contributed by atoms with E-state index in [0.29, 0.717) is 13.0 Å². The normalized spacial score (nSPS) is 14.8. The molecule has 0 aromatic carbocycles. The van der Waals surface area contributed by atoms with Gasteiger partial charge in [0.1, 0.15) is 6.61 Å². The van der Waals surface area contributed by atoms with Crippen LogP contribution in [-0.4, -0.2) is 38.7 Å². The average Bonchev–Trinajstić information content (AvgIpc) is 2.21. The van der Waals surface area contributed by atoms with Crippen LogP contribution in [0.15, 0.2) is 0 Å². The van der Waals surface area contributed by atoms with Gasteiger partial charge in [-0.3, -0.25) is 0 Å². The predicted octanol–water partition coefficient (Wildman–Crippen LogP) is 3.96. The fourth-order valence-corrected chi connectivity index (χ4v) is 2.17. The van der Waals surface area contributed by atoms with Crippen molar-refractivity contribution in [1.29, 1.82) is 0 Å². The molecule has 0 heterocycles. The maximum Gasteiger partial charge on any atom is 0.271 e. The van der Waals surface area contributed by atoms with E-state index in [4.69, 9.17) is 0 Å². The highest BCUT2D eigenvalue weighted by molar-refractivity contribution is 4.73. The van der Waals surface area contributed by atoms with E-state index in [9.17, 15) is 17.6 Å². The molecular formula is C14H27F4NO. The van der Waals surface area contributed by atoms with Gasteiger partial charge in [0.15, 0.2) is 0 Å². The molecule has 122 valence electrons. The van der Waals surface area contributed by atoms with Gasteiger partial charge in [-0.05, 0) is 24.8 Å². The number of ether oxygens (including phenoxy) is 1. The fourth-order valence-electron chi connectivity index (χ4n) is 2.17. The van der Waals surface area contributed by atoms with Crippen molar-refractivity contribution in [3.63, 3.8) is 0 Å². The first-order valence-electron chi connectivity index (χ1n) is 7.03. The topological polar surface area (TPSA) is 21.3 Å². The number of rotatable bonds is 11. The molecule has 0 aromatic rings. The van der Waals surface area contributed by atoms with Gasteiger partial charge < -0.3 is 10.1 Å². The van der Waals surface area contributed by atoms with E-state index < -0.39 is 25.0 Å². The monoisotopic (exact) mass is 301 g/mol. The van der Waals surface area contributed by atoms with E-state index >= 15 is 0 Å². The first-order chi connectivity index (χ1) is 9.08. The van der Waals surface area contributed by atoms with Gasteiger partial charge in [-0.1, -0.05) is 20.8 Å². The molecule has 0 amide bonds. The quantitative estimate of drug-likeness (QED) is 0.461. The van der Waals surface area contributed by atoms with Crippen molar-refractivity contribution < 1.29 is 22.3 Å². The van der Waals surface area contributed by atoms with Gasteiger partial charge in [-0.25, -0.2) is 17.6 Å². The van der Waals surface area contributed by atoms with Crippen LogP contribution in [0.4, 0.5) is 17.6 Å². The number of nitrogens with one attached hydrogen (secondary N) is 1. The summed E-state index contributed by atoms with van der Waals surface area (Å²) in [4.78, 5) is 0. The molecule has 20 heavy (non-hydrogen) atoms. The highest BCUT2D eigenvalue weighted by Gasteiger charge is 2.31. The van der Waals surface area contributed by atoms with Crippen molar-refractivity contribution in [3.8, 4) is 0 Å². The summed E-state index contributed by atoms with van der Waals surface area (Å²) in [5.41, 5.74) is 0. The molecule has 6 heteroatoms. The smallest absolute Gasteiger partial charge is 0.271 e.